The molecule has 2 aliphatic heterocycles. The molecule has 74 valence electrons. The monoisotopic (exact) mass is 181 g/mol. The normalized spacial score (nSPS) is 37.4. The van der Waals surface area contributed by atoms with Crippen molar-refractivity contribution < 1.29 is 4.74 Å². The first kappa shape index (κ1) is 8.25. The molecular formula is C11H19NO. The Morgan fingerprint density at radius 1 is 1.15 bits per heavy atom. The molecule has 2 heterocycles. The molecule has 0 bridgehead atoms. The maximum Gasteiger partial charge on any atom is 0.0936 e. The number of piperidine rings is 1. The zero-order valence-electron chi connectivity index (χ0n) is 8.30. The zero-order chi connectivity index (χ0) is 8.73. The number of epoxide rings is 1. The minimum Gasteiger partial charge on any atom is -0.372 e. The SMILES string of the molecule is C1CC2(C1)CCN(C[C@@H]1CO1)CC2. The molecule has 1 spiro atoms. The van der Waals surface area contributed by atoms with Gasteiger partial charge < -0.3 is 9.64 Å². The van der Waals surface area contributed by atoms with Crippen molar-refractivity contribution in [3.63, 3.8) is 0 Å². The van der Waals surface area contributed by atoms with Gasteiger partial charge in [0.05, 0.1) is 12.7 Å². The van der Waals surface area contributed by atoms with Gasteiger partial charge in [-0.25, -0.2) is 0 Å². The first-order valence-electron chi connectivity index (χ1n) is 5.70. The van der Waals surface area contributed by atoms with E-state index in [-0.39, 0.29) is 0 Å². The van der Waals surface area contributed by atoms with Gasteiger partial charge in [-0.05, 0) is 44.2 Å². The molecule has 2 nitrogen and oxygen atoms in total. The fraction of sp³-hybridized carbons (Fsp3) is 1.00. The van der Waals surface area contributed by atoms with Gasteiger partial charge in [0.1, 0.15) is 0 Å². The van der Waals surface area contributed by atoms with Crippen molar-refractivity contribution in [1.82, 2.24) is 4.90 Å². The highest BCUT2D eigenvalue weighted by Crippen LogP contribution is 2.48. The highest BCUT2D eigenvalue weighted by atomic mass is 16.6. The third-order valence-electron chi connectivity index (χ3n) is 4.20. The minimum atomic E-state index is 0.593. The largest absolute Gasteiger partial charge is 0.372 e. The lowest BCUT2D eigenvalue weighted by atomic mass is 9.63. The highest BCUT2D eigenvalue weighted by Gasteiger charge is 2.40. The molecule has 1 atom stereocenters. The molecule has 1 saturated carbocycles. The predicted octanol–water partition coefficient (Wildman–Crippen LogP) is 1.65. The van der Waals surface area contributed by atoms with Crippen LogP contribution in [0.2, 0.25) is 0 Å². The summed E-state index contributed by atoms with van der Waals surface area (Å²) < 4.78 is 5.26. The van der Waals surface area contributed by atoms with Gasteiger partial charge >= 0.3 is 0 Å². The molecule has 3 rings (SSSR count). The third kappa shape index (κ3) is 1.62. The lowest BCUT2D eigenvalue weighted by Crippen LogP contribution is -2.44. The molecule has 0 amide bonds. The first-order chi connectivity index (χ1) is 6.36. The van der Waals surface area contributed by atoms with Crippen molar-refractivity contribution in [3.05, 3.63) is 0 Å². The van der Waals surface area contributed by atoms with Crippen LogP contribution in [0.4, 0.5) is 0 Å². The smallest absolute Gasteiger partial charge is 0.0936 e. The molecule has 0 aromatic heterocycles. The van der Waals surface area contributed by atoms with Gasteiger partial charge in [0.25, 0.3) is 0 Å². The Labute approximate surface area is 80.2 Å². The van der Waals surface area contributed by atoms with Crippen molar-refractivity contribution in [1.29, 1.82) is 0 Å². The van der Waals surface area contributed by atoms with Crippen molar-refractivity contribution in [2.75, 3.05) is 26.2 Å². The summed E-state index contributed by atoms with van der Waals surface area (Å²) in [5.74, 6) is 0. The number of hydrogen-bond donors (Lipinski definition) is 0. The van der Waals surface area contributed by atoms with Crippen molar-refractivity contribution in [2.24, 2.45) is 5.41 Å². The lowest BCUT2D eigenvalue weighted by Gasteiger charge is -2.48. The van der Waals surface area contributed by atoms with E-state index < -0.39 is 0 Å². The number of rotatable bonds is 2. The summed E-state index contributed by atoms with van der Waals surface area (Å²) in [7, 11) is 0. The summed E-state index contributed by atoms with van der Waals surface area (Å²) in [6.07, 6.45) is 8.03. The van der Waals surface area contributed by atoms with Gasteiger partial charge in [-0.15, -0.1) is 0 Å². The Kier molecular flexibility index (Phi) is 1.88. The molecule has 13 heavy (non-hydrogen) atoms. The molecule has 2 saturated heterocycles. The van der Waals surface area contributed by atoms with Crippen LogP contribution in [0.3, 0.4) is 0 Å². The van der Waals surface area contributed by atoms with Crippen LogP contribution in [0.5, 0.6) is 0 Å². The standard InChI is InChI=1S/C11H19NO/c1-2-11(3-1)4-6-12(7-5-11)8-10-9-13-10/h10H,1-9H2/t10-/m1/s1. The topological polar surface area (TPSA) is 15.8 Å². The summed E-state index contributed by atoms with van der Waals surface area (Å²) in [6, 6.07) is 0. The number of nitrogens with zero attached hydrogens (tertiary/aromatic N) is 1. The summed E-state index contributed by atoms with van der Waals surface area (Å²) in [4.78, 5) is 2.60. The number of hydrogen-bond acceptors (Lipinski definition) is 2. The molecule has 1 aliphatic carbocycles. The van der Waals surface area contributed by atoms with Crippen LogP contribution in [0.1, 0.15) is 32.1 Å². The molecule has 3 fully saturated rings. The van der Waals surface area contributed by atoms with Crippen LogP contribution in [0.25, 0.3) is 0 Å². The molecule has 0 N–H and O–H groups in total. The van der Waals surface area contributed by atoms with Crippen molar-refractivity contribution in [2.45, 2.75) is 38.2 Å². The van der Waals surface area contributed by atoms with Gasteiger partial charge in [-0.2, -0.15) is 0 Å². The first-order valence-corrected chi connectivity index (χ1v) is 5.70. The lowest BCUT2D eigenvalue weighted by molar-refractivity contribution is 0.0312. The Hall–Kier alpha value is -0.0800. The van der Waals surface area contributed by atoms with E-state index in [1.54, 1.807) is 0 Å². The van der Waals surface area contributed by atoms with Gasteiger partial charge in [0.2, 0.25) is 0 Å². The van der Waals surface area contributed by atoms with Crippen LogP contribution in [-0.4, -0.2) is 37.2 Å². The average Bonchev–Trinajstić information content (AvgIpc) is 2.87. The quantitative estimate of drug-likeness (QED) is 0.602. The van der Waals surface area contributed by atoms with Gasteiger partial charge in [-0.3, -0.25) is 0 Å². The van der Waals surface area contributed by atoms with Gasteiger partial charge in [0.15, 0.2) is 0 Å². The molecule has 0 radical (unpaired) electrons. The van der Waals surface area contributed by atoms with Crippen LogP contribution in [0.15, 0.2) is 0 Å². The van der Waals surface area contributed by atoms with Gasteiger partial charge in [-0.1, -0.05) is 6.42 Å². The average molecular weight is 181 g/mol. The van der Waals surface area contributed by atoms with E-state index in [0.717, 1.165) is 12.0 Å². The van der Waals surface area contributed by atoms with Crippen LogP contribution >= 0.6 is 0 Å². The van der Waals surface area contributed by atoms with E-state index in [0.29, 0.717) is 6.10 Å². The van der Waals surface area contributed by atoms with Crippen LogP contribution in [0, 0.1) is 5.41 Å². The predicted molar refractivity (Wildman–Crippen MR) is 51.7 cm³/mol. The second-order valence-electron chi connectivity index (χ2n) is 5.11. The van der Waals surface area contributed by atoms with E-state index in [4.69, 9.17) is 4.74 Å². The minimum absolute atomic E-state index is 0.593. The fourth-order valence-electron chi connectivity index (χ4n) is 2.85. The Morgan fingerprint density at radius 2 is 1.85 bits per heavy atom. The van der Waals surface area contributed by atoms with E-state index in [9.17, 15) is 0 Å². The Bertz CT molecular complexity index is 186. The molecule has 3 aliphatic rings. The van der Waals surface area contributed by atoms with Crippen molar-refractivity contribution in [3.8, 4) is 0 Å². The molecular weight excluding hydrogens is 162 g/mol. The molecule has 0 aromatic carbocycles. The third-order valence-corrected chi connectivity index (χ3v) is 4.20. The van der Waals surface area contributed by atoms with Crippen molar-refractivity contribution >= 4 is 0 Å². The summed E-state index contributed by atoms with van der Waals surface area (Å²) in [5, 5.41) is 0. The summed E-state index contributed by atoms with van der Waals surface area (Å²) in [6.45, 7) is 4.89. The second-order valence-corrected chi connectivity index (χ2v) is 5.11. The highest BCUT2D eigenvalue weighted by molar-refractivity contribution is 4.92. The summed E-state index contributed by atoms with van der Waals surface area (Å²) >= 11 is 0. The molecule has 0 unspecified atom stereocenters. The van der Waals surface area contributed by atoms with Crippen LogP contribution < -0.4 is 0 Å². The zero-order valence-corrected chi connectivity index (χ0v) is 8.30. The number of likely N-dealkylation sites (tertiary alicyclic amines) is 1. The molecule has 0 aromatic rings. The maximum atomic E-state index is 5.26. The van der Waals surface area contributed by atoms with Gasteiger partial charge in [0, 0.05) is 6.54 Å². The van der Waals surface area contributed by atoms with E-state index in [2.05, 4.69) is 4.90 Å². The second kappa shape index (κ2) is 2.96. The molecule has 2 heteroatoms. The summed E-state index contributed by atoms with van der Waals surface area (Å²) in [5.41, 5.74) is 0.806. The number of ether oxygens (including phenoxy) is 1. The maximum absolute atomic E-state index is 5.26. The van der Waals surface area contributed by atoms with E-state index >= 15 is 0 Å². The Balaban J connectivity index is 1.48. The van der Waals surface area contributed by atoms with Crippen LogP contribution in [-0.2, 0) is 4.74 Å². The van der Waals surface area contributed by atoms with E-state index in [1.165, 1.54) is 51.7 Å². The van der Waals surface area contributed by atoms with E-state index in [1.807, 2.05) is 0 Å². The Morgan fingerprint density at radius 3 is 2.31 bits per heavy atom. The fourth-order valence-corrected chi connectivity index (χ4v) is 2.85.